The number of fused-ring (bicyclic) bond motifs is 1. The van der Waals surface area contributed by atoms with Crippen molar-refractivity contribution < 1.29 is 13.2 Å². The van der Waals surface area contributed by atoms with Crippen molar-refractivity contribution in [2.24, 2.45) is 0 Å². The fraction of sp³-hybridized carbons (Fsp3) is 0.286. The Bertz CT molecular complexity index is 1600. The lowest BCUT2D eigenvalue weighted by Crippen LogP contribution is -2.48. The van der Waals surface area contributed by atoms with Gasteiger partial charge in [-0.05, 0) is 73.5 Å². The van der Waals surface area contributed by atoms with E-state index in [4.69, 9.17) is 16.6 Å². The van der Waals surface area contributed by atoms with Crippen molar-refractivity contribution in [3.05, 3.63) is 82.4 Å². The van der Waals surface area contributed by atoms with E-state index < -0.39 is 10.0 Å². The molecule has 3 aromatic carbocycles. The van der Waals surface area contributed by atoms with E-state index in [1.165, 1.54) is 46.2 Å². The summed E-state index contributed by atoms with van der Waals surface area (Å²) >= 11 is 7.61. The Kier molecular flexibility index (Phi) is 8.08. The summed E-state index contributed by atoms with van der Waals surface area (Å²) in [5.74, 6) is -0.249. The first kappa shape index (κ1) is 27.4. The molecule has 0 spiro atoms. The number of nitrogens with zero attached hydrogens (tertiary/aromatic N) is 3. The smallest absolute Gasteiger partial charge is 0.261 e. The van der Waals surface area contributed by atoms with Gasteiger partial charge in [-0.1, -0.05) is 35.1 Å². The maximum atomic E-state index is 12.7. The number of thiazole rings is 1. The predicted molar refractivity (Wildman–Crippen MR) is 159 cm³/mol. The summed E-state index contributed by atoms with van der Waals surface area (Å²) in [5, 5.41) is 4.47. The average Bonchev–Trinajstić information content (AvgIpc) is 3.34. The van der Waals surface area contributed by atoms with Crippen LogP contribution in [0, 0.1) is 13.8 Å². The Labute approximate surface area is 237 Å². The highest BCUT2D eigenvalue weighted by atomic mass is 35.5. The van der Waals surface area contributed by atoms with Gasteiger partial charge in [-0.15, -0.1) is 0 Å². The summed E-state index contributed by atoms with van der Waals surface area (Å²) in [5.41, 5.74) is 4.27. The number of carbonyl (C=O) groups excluding carboxylic acids is 1. The van der Waals surface area contributed by atoms with E-state index in [-0.39, 0.29) is 10.8 Å². The van der Waals surface area contributed by atoms with E-state index in [2.05, 4.69) is 45.8 Å². The second-order valence-electron chi connectivity index (χ2n) is 9.65. The molecule has 1 aliphatic rings. The number of benzene rings is 3. The lowest BCUT2D eigenvalue weighted by molar-refractivity contribution is 0.0948. The largest absolute Gasteiger partial charge is 0.351 e. The van der Waals surface area contributed by atoms with Crippen molar-refractivity contribution in [2.45, 2.75) is 18.7 Å². The number of hydrogen-bond acceptors (Lipinski definition) is 7. The topological polar surface area (TPSA) is 94.6 Å². The SMILES string of the molecule is Cc1cc(C)c2sc(N3CCN(CCNC(=O)c4cccc(NS(=O)(=O)c5ccc(Cl)cc5)c4)CC3)nc2c1. The number of carbonyl (C=O) groups is 1. The summed E-state index contributed by atoms with van der Waals surface area (Å²) < 4.78 is 29.1. The van der Waals surface area contributed by atoms with Gasteiger partial charge in [0.1, 0.15) is 0 Å². The molecule has 0 saturated carbocycles. The summed E-state index contributed by atoms with van der Waals surface area (Å²) in [4.78, 5) is 22.4. The van der Waals surface area contributed by atoms with E-state index in [0.717, 1.165) is 43.4 Å². The molecule has 2 N–H and O–H groups in total. The zero-order chi connectivity index (χ0) is 27.6. The molecule has 39 heavy (non-hydrogen) atoms. The number of aromatic nitrogens is 1. The number of halogens is 1. The van der Waals surface area contributed by atoms with E-state index in [9.17, 15) is 13.2 Å². The Balaban J connectivity index is 1.11. The second-order valence-corrected chi connectivity index (χ2v) is 12.7. The highest BCUT2D eigenvalue weighted by Crippen LogP contribution is 2.32. The zero-order valence-electron chi connectivity index (χ0n) is 21.8. The monoisotopic (exact) mass is 583 g/mol. The molecule has 0 aliphatic carbocycles. The summed E-state index contributed by atoms with van der Waals surface area (Å²) in [6.07, 6.45) is 0. The summed E-state index contributed by atoms with van der Waals surface area (Å²) in [6.45, 7) is 9.05. The lowest BCUT2D eigenvalue weighted by Gasteiger charge is -2.34. The first-order chi connectivity index (χ1) is 18.7. The van der Waals surface area contributed by atoms with Crippen LogP contribution in [0.1, 0.15) is 21.5 Å². The van der Waals surface area contributed by atoms with E-state index in [1.54, 1.807) is 29.5 Å². The third-order valence-corrected chi connectivity index (χ3v) is 9.58. The number of aryl methyl sites for hydroxylation is 2. The van der Waals surface area contributed by atoms with Gasteiger partial charge in [0, 0.05) is 55.5 Å². The van der Waals surface area contributed by atoms with Crippen molar-refractivity contribution in [3.63, 3.8) is 0 Å². The van der Waals surface area contributed by atoms with Crippen LogP contribution < -0.4 is 14.9 Å². The number of anilines is 2. The summed E-state index contributed by atoms with van der Waals surface area (Å²) in [7, 11) is -3.80. The van der Waals surface area contributed by atoms with E-state index in [0.29, 0.717) is 22.8 Å². The minimum Gasteiger partial charge on any atom is -0.351 e. The van der Waals surface area contributed by atoms with Crippen LogP contribution in [-0.2, 0) is 10.0 Å². The van der Waals surface area contributed by atoms with Crippen molar-refractivity contribution in [1.82, 2.24) is 15.2 Å². The van der Waals surface area contributed by atoms with E-state index >= 15 is 0 Å². The molecule has 1 aromatic heterocycles. The zero-order valence-corrected chi connectivity index (χ0v) is 24.2. The Hall–Kier alpha value is -3.18. The Morgan fingerprint density at radius 2 is 1.77 bits per heavy atom. The molecule has 4 aromatic rings. The van der Waals surface area contributed by atoms with Gasteiger partial charge in [-0.3, -0.25) is 14.4 Å². The van der Waals surface area contributed by atoms with Crippen molar-refractivity contribution in [1.29, 1.82) is 0 Å². The standard InChI is InChI=1S/C28H30ClN5O3S2/c1-19-16-20(2)26-25(17-19)31-28(38-26)34-14-12-33(13-15-34)11-10-30-27(35)21-4-3-5-23(18-21)32-39(36,37)24-8-6-22(29)7-9-24/h3-9,16-18,32H,10-15H2,1-2H3,(H,30,35). The number of amides is 1. The van der Waals surface area contributed by atoms with Crippen LogP contribution in [0.15, 0.2) is 65.6 Å². The highest BCUT2D eigenvalue weighted by Gasteiger charge is 2.21. The molecular formula is C28H30ClN5O3S2. The van der Waals surface area contributed by atoms with Crippen LogP contribution in [-0.4, -0.2) is 63.5 Å². The average molecular weight is 584 g/mol. The molecule has 1 fully saturated rings. The van der Waals surface area contributed by atoms with Gasteiger partial charge in [-0.2, -0.15) is 0 Å². The van der Waals surface area contributed by atoms with E-state index in [1.807, 2.05) is 0 Å². The molecule has 5 rings (SSSR count). The first-order valence-electron chi connectivity index (χ1n) is 12.7. The van der Waals surface area contributed by atoms with Crippen molar-refractivity contribution in [2.75, 3.05) is 48.9 Å². The molecule has 1 saturated heterocycles. The number of sulfonamides is 1. The molecule has 2 heterocycles. The molecule has 0 radical (unpaired) electrons. The van der Waals surface area contributed by atoms with Gasteiger partial charge in [-0.25, -0.2) is 13.4 Å². The minimum atomic E-state index is -3.80. The predicted octanol–water partition coefficient (Wildman–Crippen LogP) is 4.92. The Morgan fingerprint density at radius 1 is 1.03 bits per heavy atom. The van der Waals surface area contributed by atoms with Gasteiger partial charge in [0.2, 0.25) is 0 Å². The molecule has 1 aliphatic heterocycles. The third-order valence-electron chi connectivity index (χ3n) is 6.67. The molecule has 0 unspecified atom stereocenters. The molecule has 0 atom stereocenters. The number of hydrogen-bond donors (Lipinski definition) is 2. The van der Waals surface area contributed by atoms with Crippen LogP contribution in [0.2, 0.25) is 5.02 Å². The lowest BCUT2D eigenvalue weighted by atomic mass is 10.1. The third kappa shape index (κ3) is 6.52. The van der Waals surface area contributed by atoms with Crippen LogP contribution in [0.5, 0.6) is 0 Å². The fourth-order valence-corrected chi connectivity index (χ4v) is 6.89. The van der Waals surface area contributed by atoms with Crippen LogP contribution in [0.3, 0.4) is 0 Å². The minimum absolute atomic E-state index is 0.0928. The van der Waals surface area contributed by atoms with Crippen LogP contribution >= 0.6 is 22.9 Å². The quantitative estimate of drug-likeness (QED) is 0.306. The van der Waals surface area contributed by atoms with Crippen LogP contribution in [0.25, 0.3) is 10.2 Å². The maximum absolute atomic E-state index is 12.7. The highest BCUT2D eigenvalue weighted by molar-refractivity contribution is 7.92. The molecule has 0 bridgehead atoms. The molecule has 8 nitrogen and oxygen atoms in total. The summed E-state index contributed by atoms with van der Waals surface area (Å²) in [6, 6.07) is 16.7. The van der Waals surface area contributed by atoms with Gasteiger partial charge in [0.15, 0.2) is 5.13 Å². The second kappa shape index (κ2) is 11.5. The fourth-order valence-electron chi connectivity index (χ4n) is 4.64. The van der Waals surface area contributed by atoms with Crippen LogP contribution in [0.4, 0.5) is 10.8 Å². The van der Waals surface area contributed by atoms with Crippen molar-refractivity contribution in [3.8, 4) is 0 Å². The molecule has 204 valence electrons. The van der Waals surface area contributed by atoms with Gasteiger partial charge >= 0.3 is 0 Å². The van der Waals surface area contributed by atoms with Gasteiger partial charge in [0.05, 0.1) is 15.1 Å². The molecular weight excluding hydrogens is 554 g/mol. The van der Waals surface area contributed by atoms with Crippen molar-refractivity contribution >= 4 is 59.9 Å². The van der Waals surface area contributed by atoms with Gasteiger partial charge in [0.25, 0.3) is 15.9 Å². The number of piperazine rings is 1. The maximum Gasteiger partial charge on any atom is 0.261 e. The van der Waals surface area contributed by atoms with Gasteiger partial charge < -0.3 is 10.2 Å². The first-order valence-corrected chi connectivity index (χ1v) is 15.4. The number of nitrogens with one attached hydrogen (secondary N) is 2. The number of rotatable bonds is 8. The normalized spacial score (nSPS) is 14.5. The molecule has 11 heteroatoms. The Morgan fingerprint density at radius 3 is 2.51 bits per heavy atom. The molecule has 1 amide bonds.